The van der Waals surface area contributed by atoms with E-state index in [9.17, 15) is 4.79 Å². The van der Waals surface area contributed by atoms with Gasteiger partial charge in [0.15, 0.2) is 5.82 Å². The second kappa shape index (κ2) is 9.26. The maximum absolute atomic E-state index is 12.4. The van der Waals surface area contributed by atoms with Gasteiger partial charge >= 0.3 is 6.03 Å². The molecule has 30 heavy (non-hydrogen) atoms. The number of urea groups is 1. The van der Waals surface area contributed by atoms with Gasteiger partial charge in [-0.05, 0) is 29.8 Å². The molecule has 0 bridgehead atoms. The van der Waals surface area contributed by atoms with E-state index in [0.29, 0.717) is 19.6 Å². The molecule has 2 aromatic carbocycles. The molecular weight excluding hydrogens is 378 g/mol. The second-order valence-electron chi connectivity index (χ2n) is 7.10. The summed E-state index contributed by atoms with van der Waals surface area (Å²) in [6.45, 7) is 3.28. The predicted molar refractivity (Wildman–Crippen MR) is 116 cm³/mol. The third-order valence-corrected chi connectivity index (χ3v) is 5.21. The van der Waals surface area contributed by atoms with Gasteiger partial charge in [-0.25, -0.2) is 4.79 Å². The van der Waals surface area contributed by atoms with Crippen molar-refractivity contribution < 1.29 is 9.53 Å². The van der Waals surface area contributed by atoms with E-state index >= 15 is 0 Å². The molecule has 0 saturated carbocycles. The van der Waals surface area contributed by atoms with Gasteiger partial charge in [-0.1, -0.05) is 42.5 Å². The number of carbonyl (C=O) groups excluding carboxylic acids is 1. The Kier molecular flexibility index (Phi) is 6.08. The Morgan fingerprint density at radius 2 is 1.67 bits per heavy atom. The number of piperazine rings is 1. The minimum atomic E-state index is -0.0314. The first-order valence-corrected chi connectivity index (χ1v) is 10.0. The van der Waals surface area contributed by atoms with Crippen LogP contribution in [0.2, 0.25) is 0 Å². The van der Waals surface area contributed by atoms with Crippen LogP contribution in [0.5, 0.6) is 5.75 Å². The summed E-state index contributed by atoms with van der Waals surface area (Å²) in [5.41, 5.74) is 2.78. The molecule has 4 rings (SSSR count). The van der Waals surface area contributed by atoms with E-state index in [0.717, 1.165) is 41.5 Å². The number of para-hydroxylation sites is 1. The summed E-state index contributed by atoms with van der Waals surface area (Å²) in [5, 5.41) is 11.8. The number of ether oxygens (including phenoxy) is 1. The van der Waals surface area contributed by atoms with Crippen molar-refractivity contribution in [3.8, 4) is 17.0 Å². The van der Waals surface area contributed by atoms with Crippen molar-refractivity contribution in [1.82, 2.24) is 20.4 Å². The van der Waals surface area contributed by atoms with E-state index < -0.39 is 0 Å². The molecule has 3 aromatic rings. The molecule has 7 nitrogen and oxygen atoms in total. The number of aromatic nitrogens is 2. The van der Waals surface area contributed by atoms with Crippen LogP contribution in [-0.4, -0.2) is 54.4 Å². The molecule has 7 heteroatoms. The Labute approximate surface area is 176 Å². The van der Waals surface area contributed by atoms with Gasteiger partial charge in [-0.3, -0.25) is 0 Å². The molecule has 154 valence electrons. The van der Waals surface area contributed by atoms with E-state index in [1.807, 2.05) is 71.6 Å². The number of hydrogen-bond acceptors (Lipinski definition) is 5. The predicted octanol–water partition coefficient (Wildman–Crippen LogP) is 3.18. The number of nitrogens with zero attached hydrogens (tertiary/aromatic N) is 4. The summed E-state index contributed by atoms with van der Waals surface area (Å²) >= 11 is 0. The summed E-state index contributed by atoms with van der Waals surface area (Å²) in [5.74, 6) is 1.59. The summed E-state index contributed by atoms with van der Waals surface area (Å²) in [4.78, 5) is 16.4. The lowest BCUT2D eigenvalue weighted by Gasteiger charge is -2.35. The van der Waals surface area contributed by atoms with Crippen LogP contribution in [0.15, 0.2) is 66.7 Å². The zero-order valence-corrected chi connectivity index (χ0v) is 17.0. The SMILES string of the molecule is COc1ccccc1-c1ccc(N2CCN(C(=O)NCc3ccccc3)CC2)nn1. The smallest absolute Gasteiger partial charge is 0.317 e. The summed E-state index contributed by atoms with van der Waals surface area (Å²) in [7, 11) is 1.65. The number of hydrogen-bond donors (Lipinski definition) is 1. The molecule has 1 aromatic heterocycles. The first kappa shape index (κ1) is 19.7. The van der Waals surface area contributed by atoms with E-state index in [-0.39, 0.29) is 6.03 Å². The van der Waals surface area contributed by atoms with Crippen molar-refractivity contribution in [1.29, 1.82) is 0 Å². The van der Waals surface area contributed by atoms with Gasteiger partial charge in [0.25, 0.3) is 0 Å². The molecule has 2 heterocycles. The molecule has 1 fully saturated rings. The topological polar surface area (TPSA) is 70.6 Å². The van der Waals surface area contributed by atoms with Crippen LogP contribution in [-0.2, 0) is 6.54 Å². The first-order valence-electron chi connectivity index (χ1n) is 10.0. The summed E-state index contributed by atoms with van der Waals surface area (Å²) in [6.07, 6.45) is 0. The number of anilines is 1. The van der Waals surface area contributed by atoms with Crippen LogP contribution in [0.1, 0.15) is 5.56 Å². The number of methoxy groups -OCH3 is 1. The van der Waals surface area contributed by atoms with Gasteiger partial charge in [0.1, 0.15) is 5.75 Å². The van der Waals surface area contributed by atoms with Crippen molar-refractivity contribution in [2.45, 2.75) is 6.54 Å². The Morgan fingerprint density at radius 1 is 0.933 bits per heavy atom. The molecular formula is C23H25N5O2. The molecule has 0 spiro atoms. The van der Waals surface area contributed by atoms with E-state index in [2.05, 4.69) is 20.4 Å². The zero-order valence-electron chi connectivity index (χ0n) is 17.0. The molecule has 0 radical (unpaired) electrons. The van der Waals surface area contributed by atoms with E-state index in [1.165, 1.54) is 0 Å². The fourth-order valence-electron chi connectivity index (χ4n) is 3.52. The molecule has 1 saturated heterocycles. The quantitative estimate of drug-likeness (QED) is 0.709. The lowest BCUT2D eigenvalue weighted by molar-refractivity contribution is 0.194. The number of rotatable bonds is 5. The van der Waals surface area contributed by atoms with Crippen molar-refractivity contribution in [2.75, 3.05) is 38.2 Å². The highest BCUT2D eigenvalue weighted by Gasteiger charge is 2.22. The Morgan fingerprint density at radius 3 is 2.37 bits per heavy atom. The van der Waals surface area contributed by atoms with Crippen LogP contribution in [0.4, 0.5) is 10.6 Å². The van der Waals surface area contributed by atoms with Crippen molar-refractivity contribution in [3.63, 3.8) is 0 Å². The molecule has 0 aliphatic carbocycles. The Balaban J connectivity index is 1.32. The van der Waals surface area contributed by atoms with E-state index in [1.54, 1.807) is 7.11 Å². The van der Waals surface area contributed by atoms with Gasteiger partial charge in [0, 0.05) is 38.3 Å². The number of nitrogens with one attached hydrogen (secondary N) is 1. The standard InChI is InChI=1S/C23H25N5O2/c1-30-21-10-6-5-9-19(21)20-11-12-22(26-25-20)27-13-15-28(16-14-27)23(29)24-17-18-7-3-2-4-8-18/h2-12H,13-17H2,1H3,(H,24,29). The molecule has 2 amide bonds. The number of amides is 2. The fourth-order valence-corrected chi connectivity index (χ4v) is 3.52. The third kappa shape index (κ3) is 4.51. The average Bonchev–Trinajstić information content (AvgIpc) is 2.83. The van der Waals surface area contributed by atoms with Gasteiger partial charge in [-0.2, -0.15) is 0 Å². The van der Waals surface area contributed by atoms with Crippen molar-refractivity contribution in [3.05, 3.63) is 72.3 Å². The molecule has 0 unspecified atom stereocenters. The number of benzene rings is 2. The minimum Gasteiger partial charge on any atom is -0.496 e. The molecule has 0 atom stereocenters. The normalized spacial score (nSPS) is 13.8. The van der Waals surface area contributed by atoms with Crippen LogP contribution in [0.3, 0.4) is 0 Å². The third-order valence-electron chi connectivity index (χ3n) is 5.21. The maximum atomic E-state index is 12.4. The largest absolute Gasteiger partial charge is 0.496 e. The highest BCUT2D eigenvalue weighted by Crippen LogP contribution is 2.28. The average molecular weight is 403 g/mol. The van der Waals surface area contributed by atoms with Crippen molar-refractivity contribution in [2.24, 2.45) is 0 Å². The van der Waals surface area contributed by atoms with Gasteiger partial charge in [0.2, 0.25) is 0 Å². The van der Waals surface area contributed by atoms with Gasteiger partial charge < -0.3 is 19.9 Å². The molecule has 1 aliphatic rings. The Bertz CT molecular complexity index is 970. The molecule has 1 N–H and O–H groups in total. The summed E-state index contributed by atoms with van der Waals surface area (Å²) < 4.78 is 5.41. The monoisotopic (exact) mass is 403 g/mol. The Hall–Kier alpha value is -3.61. The van der Waals surface area contributed by atoms with Crippen molar-refractivity contribution >= 4 is 11.8 Å². The lowest BCUT2D eigenvalue weighted by Crippen LogP contribution is -2.51. The van der Waals surface area contributed by atoms with E-state index in [4.69, 9.17) is 4.74 Å². The first-order chi connectivity index (χ1) is 14.7. The van der Waals surface area contributed by atoms with Gasteiger partial charge in [0.05, 0.1) is 12.8 Å². The van der Waals surface area contributed by atoms with Gasteiger partial charge in [-0.15, -0.1) is 10.2 Å². The van der Waals surface area contributed by atoms with Crippen LogP contribution >= 0.6 is 0 Å². The zero-order chi connectivity index (χ0) is 20.8. The maximum Gasteiger partial charge on any atom is 0.317 e. The lowest BCUT2D eigenvalue weighted by atomic mass is 10.1. The fraction of sp³-hybridized carbons (Fsp3) is 0.261. The summed E-state index contributed by atoms with van der Waals surface area (Å²) in [6, 6.07) is 21.6. The second-order valence-corrected chi connectivity index (χ2v) is 7.10. The highest BCUT2D eigenvalue weighted by atomic mass is 16.5. The number of carbonyl (C=O) groups is 1. The van der Waals surface area contributed by atoms with Crippen LogP contribution in [0, 0.1) is 0 Å². The van der Waals surface area contributed by atoms with Crippen LogP contribution in [0.25, 0.3) is 11.3 Å². The minimum absolute atomic E-state index is 0.0314. The van der Waals surface area contributed by atoms with Crippen LogP contribution < -0.4 is 15.0 Å². The molecule has 1 aliphatic heterocycles. The highest BCUT2D eigenvalue weighted by molar-refractivity contribution is 5.74.